The van der Waals surface area contributed by atoms with Gasteiger partial charge in [0.15, 0.2) is 11.5 Å². The summed E-state index contributed by atoms with van der Waals surface area (Å²) in [7, 11) is -3.76. The van der Waals surface area contributed by atoms with E-state index < -0.39 is 10.0 Å². The number of rotatable bonds is 6. The van der Waals surface area contributed by atoms with Gasteiger partial charge in [0.25, 0.3) is 15.9 Å². The molecule has 0 aliphatic carbocycles. The van der Waals surface area contributed by atoms with E-state index >= 15 is 0 Å². The SMILES string of the molecule is Cc1c(NS(=O)(=O)c2ccccc2)cccc1C(=O)NC(C)c1ccc2c(c1)OCCO2. The van der Waals surface area contributed by atoms with Gasteiger partial charge < -0.3 is 14.8 Å². The van der Waals surface area contributed by atoms with Crippen LogP contribution in [0.15, 0.2) is 71.6 Å². The number of carbonyl (C=O) groups is 1. The minimum absolute atomic E-state index is 0.154. The van der Waals surface area contributed by atoms with E-state index in [2.05, 4.69) is 10.0 Å². The summed E-state index contributed by atoms with van der Waals surface area (Å²) < 4.78 is 39.1. The molecular formula is C24H24N2O5S. The number of hydrogen-bond donors (Lipinski definition) is 2. The van der Waals surface area contributed by atoms with Crippen LogP contribution in [0.2, 0.25) is 0 Å². The molecule has 1 aliphatic rings. The molecule has 0 bridgehead atoms. The fraction of sp³-hybridized carbons (Fsp3) is 0.208. The van der Waals surface area contributed by atoms with Gasteiger partial charge in [-0.1, -0.05) is 30.3 Å². The Kier molecular flexibility index (Phi) is 6.05. The van der Waals surface area contributed by atoms with Crippen LogP contribution in [-0.4, -0.2) is 27.5 Å². The highest BCUT2D eigenvalue weighted by Gasteiger charge is 2.20. The lowest BCUT2D eigenvalue weighted by Gasteiger charge is -2.21. The van der Waals surface area contributed by atoms with Crippen molar-refractivity contribution >= 4 is 21.6 Å². The molecule has 3 aromatic rings. The third-order valence-electron chi connectivity index (χ3n) is 5.29. The Morgan fingerprint density at radius 3 is 2.41 bits per heavy atom. The molecule has 1 aliphatic heterocycles. The Hall–Kier alpha value is -3.52. The number of benzene rings is 3. The van der Waals surface area contributed by atoms with E-state index in [9.17, 15) is 13.2 Å². The second-order valence-corrected chi connectivity index (χ2v) is 9.18. The van der Waals surface area contributed by atoms with Crippen molar-refractivity contribution in [3.63, 3.8) is 0 Å². The summed E-state index contributed by atoms with van der Waals surface area (Å²) in [5.74, 6) is 1.04. The zero-order valence-electron chi connectivity index (χ0n) is 17.8. The minimum Gasteiger partial charge on any atom is -0.486 e. The molecule has 166 valence electrons. The monoisotopic (exact) mass is 452 g/mol. The van der Waals surface area contributed by atoms with Crippen LogP contribution in [0.1, 0.15) is 34.5 Å². The zero-order valence-corrected chi connectivity index (χ0v) is 18.6. The van der Waals surface area contributed by atoms with Crippen molar-refractivity contribution in [3.05, 3.63) is 83.4 Å². The molecule has 0 saturated carbocycles. The lowest BCUT2D eigenvalue weighted by molar-refractivity contribution is 0.0939. The molecule has 3 aromatic carbocycles. The van der Waals surface area contributed by atoms with Crippen molar-refractivity contribution in [1.82, 2.24) is 5.32 Å². The quantitative estimate of drug-likeness (QED) is 0.588. The van der Waals surface area contributed by atoms with Crippen LogP contribution in [-0.2, 0) is 10.0 Å². The molecule has 0 saturated heterocycles. The molecule has 0 spiro atoms. The van der Waals surface area contributed by atoms with E-state index in [4.69, 9.17) is 9.47 Å². The van der Waals surface area contributed by atoms with Crippen LogP contribution >= 0.6 is 0 Å². The number of sulfonamides is 1. The standard InChI is InChI=1S/C24H24N2O5S/c1-16-20(9-6-10-21(16)26-32(28,29)19-7-4-3-5-8-19)24(27)25-17(2)18-11-12-22-23(15-18)31-14-13-30-22/h3-12,15,17,26H,13-14H2,1-2H3,(H,25,27). The summed E-state index contributed by atoms with van der Waals surface area (Å²) in [5.41, 5.74) is 2.16. The first-order valence-electron chi connectivity index (χ1n) is 10.2. The van der Waals surface area contributed by atoms with E-state index in [0.29, 0.717) is 41.5 Å². The van der Waals surface area contributed by atoms with E-state index in [1.807, 2.05) is 25.1 Å². The number of ether oxygens (including phenoxy) is 2. The van der Waals surface area contributed by atoms with Gasteiger partial charge >= 0.3 is 0 Å². The minimum atomic E-state index is -3.76. The summed E-state index contributed by atoms with van der Waals surface area (Å²) in [6.07, 6.45) is 0. The van der Waals surface area contributed by atoms with Crippen LogP contribution in [0.5, 0.6) is 11.5 Å². The highest BCUT2D eigenvalue weighted by atomic mass is 32.2. The Morgan fingerprint density at radius 1 is 0.938 bits per heavy atom. The summed E-state index contributed by atoms with van der Waals surface area (Å²) >= 11 is 0. The second-order valence-electron chi connectivity index (χ2n) is 7.49. The summed E-state index contributed by atoms with van der Waals surface area (Å²) in [4.78, 5) is 13.1. The number of carbonyl (C=O) groups excluding carboxylic acids is 1. The Bertz CT molecular complexity index is 1240. The van der Waals surface area contributed by atoms with Gasteiger partial charge in [-0.3, -0.25) is 9.52 Å². The Balaban J connectivity index is 1.52. The molecule has 0 fully saturated rings. The van der Waals surface area contributed by atoms with Crippen molar-refractivity contribution in [2.24, 2.45) is 0 Å². The summed E-state index contributed by atoms with van der Waals surface area (Å²) in [6.45, 7) is 4.59. The highest BCUT2D eigenvalue weighted by molar-refractivity contribution is 7.92. The van der Waals surface area contributed by atoms with Crippen LogP contribution in [0, 0.1) is 6.92 Å². The molecule has 4 rings (SSSR count). The molecule has 1 amide bonds. The van der Waals surface area contributed by atoms with Crippen molar-refractivity contribution in [2.45, 2.75) is 24.8 Å². The molecule has 8 heteroatoms. The first-order chi connectivity index (χ1) is 15.3. The fourth-order valence-electron chi connectivity index (χ4n) is 3.48. The van der Waals surface area contributed by atoms with E-state index in [0.717, 1.165) is 5.56 Å². The van der Waals surface area contributed by atoms with Gasteiger partial charge in [-0.15, -0.1) is 0 Å². The maximum Gasteiger partial charge on any atom is 0.261 e. The van der Waals surface area contributed by atoms with Crippen molar-refractivity contribution in [1.29, 1.82) is 0 Å². The van der Waals surface area contributed by atoms with Gasteiger partial charge in [0, 0.05) is 5.56 Å². The molecule has 0 aromatic heterocycles. The topological polar surface area (TPSA) is 93.7 Å². The number of fused-ring (bicyclic) bond motifs is 1. The third-order valence-corrected chi connectivity index (χ3v) is 6.67. The van der Waals surface area contributed by atoms with Gasteiger partial charge in [-0.05, 0) is 61.4 Å². The predicted molar refractivity (Wildman–Crippen MR) is 122 cm³/mol. The molecular weight excluding hydrogens is 428 g/mol. The molecule has 32 heavy (non-hydrogen) atoms. The van der Waals surface area contributed by atoms with Crippen LogP contribution in [0.25, 0.3) is 0 Å². The Labute approximate surface area is 187 Å². The summed E-state index contributed by atoms with van der Waals surface area (Å²) in [5, 5.41) is 2.97. The maximum absolute atomic E-state index is 13.0. The van der Waals surface area contributed by atoms with Gasteiger partial charge in [0.1, 0.15) is 13.2 Å². The van der Waals surface area contributed by atoms with Crippen LogP contribution < -0.4 is 19.5 Å². The van der Waals surface area contributed by atoms with Crippen LogP contribution in [0.3, 0.4) is 0 Å². The van der Waals surface area contributed by atoms with E-state index in [1.54, 1.807) is 43.3 Å². The van der Waals surface area contributed by atoms with Gasteiger partial charge in [0.05, 0.1) is 16.6 Å². The zero-order chi connectivity index (χ0) is 22.7. The average Bonchev–Trinajstić information content (AvgIpc) is 2.80. The fourth-order valence-corrected chi connectivity index (χ4v) is 4.63. The molecule has 1 atom stereocenters. The molecule has 1 unspecified atom stereocenters. The molecule has 1 heterocycles. The number of nitrogens with one attached hydrogen (secondary N) is 2. The first-order valence-corrected chi connectivity index (χ1v) is 11.7. The Morgan fingerprint density at radius 2 is 1.66 bits per heavy atom. The summed E-state index contributed by atoms with van der Waals surface area (Å²) in [6, 6.07) is 18.3. The third kappa shape index (κ3) is 4.55. The lowest BCUT2D eigenvalue weighted by Crippen LogP contribution is -2.28. The highest BCUT2D eigenvalue weighted by Crippen LogP contribution is 2.32. The molecule has 7 nitrogen and oxygen atoms in total. The first kappa shape index (κ1) is 21.7. The van der Waals surface area contributed by atoms with Gasteiger partial charge in [0.2, 0.25) is 0 Å². The number of amides is 1. The number of anilines is 1. The second kappa shape index (κ2) is 8.92. The molecule has 0 radical (unpaired) electrons. The van der Waals surface area contributed by atoms with Crippen molar-refractivity contribution in [2.75, 3.05) is 17.9 Å². The van der Waals surface area contributed by atoms with Gasteiger partial charge in [-0.25, -0.2) is 8.42 Å². The number of hydrogen-bond acceptors (Lipinski definition) is 5. The van der Waals surface area contributed by atoms with Gasteiger partial charge in [-0.2, -0.15) is 0 Å². The maximum atomic E-state index is 13.0. The smallest absolute Gasteiger partial charge is 0.261 e. The average molecular weight is 453 g/mol. The largest absolute Gasteiger partial charge is 0.486 e. The van der Waals surface area contributed by atoms with E-state index in [1.165, 1.54) is 12.1 Å². The lowest BCUT2D eigenvalue weighted by atomic mass is 10.0. The predicted octanol–water partition coefficient (Wildman–Crippen LogP) is 4.06. The van der Waals surface area contributed by atoms with Crippen molar-refractivity contribution in [3.8, 4) is 11.5 Å². The van der Waals surface area contributed by atoms with Crippen LogP contribution in [0.4, 0.5) is 5.69 Å². The van der Waals surface area contributed by atoms with E-state index in [-0.39, 0.29) is 16.8 Å². The molecule has 2 N–H and O–H groups in total. The normalized spacial score (nSPS) is 13.8. The van der Waals surface area contributed by atoms with Crippen molar-refractivity contribution < 1.29 is 22.7 Å².